The number of likely N-dealkylation sites (tertiary alicyclic amines) is 1. The molecule has 0 radical (unpaired) electrons. The molecule has 6 nitrogen and oxygen atoms in total. The van der Waals surface area contributed by atoms with Gasteiger partial charge in [0.15, 0.2) is 6.10 Å². The van der Waals surface area contributed by atoms with Crippen LogP contribution >= 0.6 is 22.6 Å². The normalized spacial score (nSPS) is 18.1. The van der Waals surface area contributed by atoms with E-state index >= 15 is 0 Å². The number of halogens is 4. The number of ketones is 1. The quantitative estimate of drug-likeness (QED) is 0.306. The van der Waals surface area contributed by atoms with Crippen LogP contribution in [-0.4, -0.2) is 53.2 Å². The van der Waals surface area contributed by atoms with Crippen LogP contribution in [0.1, 0.15) is 50.4 Å². The summed E-state index contributed by atoms with van der Waals surface area (Å²) < 4.78 is 50.2. The third-order valence-electron chi connectivity index (χ3n) is 4.25. The van der Waals surface area contributed by atoms with E-state index in [1.165, 1.54) is 12.1 Å². The molecule has 0 bridgehead atoms. The number of nitrogens with zero attached hydrogens (tertiary/aromatic N) is 1. The molecule has 0 saturated carbocycles. The molecule has 1 fully saturated rings. The SMILES string of the molecule is CC(C)(C)OC(=O)N1CCC[C@H]1C(=O)OC(CC(F)(F)F)C(=O)c1ccc(I)cc1. The number of hydrogen-bond donors (Lipinski definition) is 0. The predicted octanol–water partition coefficient (Wildman–Crippen LogP) is 4.74. The average Bonchev–Trinajstić information content (AvgIpc) is 3.08. The van der Waals surface area contributed by atoms with Crippen molar-refractivity contribution in [2.75, 3.05) is 6.54 Å². The molecule has 1 saturated heterocycles. The Morgan fingerprint density at radius 1 is 1.17 bits per heavy atom. The highest BCUT2D eigenvalue weighted by Gasteiger charge is 2.42. The summed E-state index contributed by atoms with van der Waals surface area (Å²) in [4.78, 5) is 38.7. The Morgan fingerprint density at radius 3 is 2.30 bits per heavy atom. The summed E-state index contributed by atoms with van der Waals surface area (Å²) in [6.45, 7) is 5.19. The van der Waals surface area contributed by atoms with Gasteiger partial charge in [0, 0.05) is 15.7 Å². The van der Waals surface area contributed by atoms with Crippen LogP contribution in [0.5, 0.6) is 0 Å². The van der Waals surface area contributed by atoms with Gasteiger partial charge in [-0.15, -0.1) is 0 Å². The highest BCUT2D eigenvalue weighted by Crippen LogP contribution is 2.28. The van der Waals surface area contributed by atoms with Gasteiger partial charge < -0.3 is 9.47 Å². The molecular formula is C20H23F3INO5. The van der Waals surface area contributed by atoms with Crippen molar-refractivity contribution in [3.8, 4) is 0 Å². The highest BCUT2D eigenvalue weighted by atomic mass is 127. The molecule has 0 aromatic heterocycles. The molecule has 0 aliphatic carbocycles. The second-order valence-corrected chi connectivity index (χ2v) is 9.19. The van der Waals surface area contributed by atoms with Gasteiger partial charge in [0.2, 0.25) is 5.78 Å². The van der Waals surface area contributed by atoms with Crippen molar-refractivity contribution in [2.24, 2.45) is 0 Å². The number of rotatable bonds is 5. The van der Waals surface area contributed by atoms with Gasteiger partial charge in [-0.25, -0.2) is 9.59 Å². The lowest BCUT2D eigenvalue weighted by Gasteiger charge is -2.28. The number of carbonyl (C=O) groups is 3. The summed E-state index contributed by atoms with van der Waals surface area (Å²) in [7, 11) is 0. The van der Waals surface area contributed by atoms with Crippen LogP contribution in [0, 0.1) is 3.57 Å². The lowest BCUT2D eigenvalue weighted by atomic mass is 10.0. The Hall–Kier alpha value is -1.85. The maximum atomic E-state index is 13.0. The molecule has 1 amide bonds. The minimum Gasteiger partial charge on any atom is -0.452 e. The molecule has 1 heterocycles. The standard InChI is InChI=1S/C20H23F3INO5/c1-19(2,3)30-18(28)25-10-4-5-14(25)17(27)29-15(11-20(21,22)23)16(26)12-6-8-13(24)9-7-12/h6-9,14-15H,4-5,10-11H2,1-3H3/t14-,15?/m0/s1. The van der Waals surface area contributed by atoms with Crippen LogP contribution in [0.15, 0.2) is 24.3 Å². The molecule has 2 rings (SSSR count). The number of alkyl halides is 3. The summed E-state index contributed by atoms with van der Waals surface area (Å²) in [5, 5.41) is 0. The Bertz CT molecular complexity index is 789. The van der Waals surface area contributed by atoms with Crippen molar-refractivity contribution in [2.45, 2.75) is 64.0 Å². The number of carbonyl (C=O) groups excluding carboxylic acids is 3. The second kappa shape index (κ2) is 9.52. The molecule has 1 aromatic rings. The van der Waals surface area contributed by atoms with E-state index in [1.807, 2.05) is 22.6 Å². The largest absolute Gasteiger partial charge is 0.452 e. The molecule has 30 heavy (non-hydrogen) atoms. The minimum absolute atomic E-state index is 0.00730. The monoisotopic (exact) mass is 541 g/mol. The van der Waals surface area contributed by atoms with Crippen molar-refractivity contribution >= 4 is 40.4 Å². The summed E-state index contributed by atoms with van der Waals surface area (Å²) in [5.74, 6) is -2.00. The Morgan fingerprint density at radius 2 is 1.77 bits per heavy atom. The first-order valence-corrected chi connectivity index (χ1v) is 10.4. The van der Waals surface area contributed by atoms with Gasteiger partial charge in [0.25, 0.3) is 0 Å². The van der Waals surface area contributed by atoms with E-state index in [2.05, 4.69) is 0 Å². The molecule has 1 aliphatic rings. The molecule has 1 aromatic carbocycles. The number of hydrogen-bond acceptors (Lipinski definition) is 5. The fourth-order valence-electron chi connectivity index (χ4n) is 2.97. The molecule has 1 unspecified atom stereocenters. The molecule has 2 atom stereocenters. The van der Waals surface area contributed by atoms with Crippen molar-refractivity contribution in [1.82, 2.24) is 4.90 Å². The van der Waals surface area contributed by atoms with Crippen LogP contribution < -0.4 is 0 Å². The molecule has 10 heteroatoms. The Kier molecular flexibility index (Phi) is 7.75. The van der Waals surface area contributed by atoms with E-state index in [0.29, 0.717) is 6.42 Å². The topological polar surface area (TPSA) is 72.9 Å². The molecule has 166 valence electrons. The van der Waals surface area contributed by atoms with Gasteiger partial charge in [0.1, 0.15) is 11.6 Å². The fourth-order valence-corrected chi connectivity index (χ4v) is 3.33. The highest BCUT2D eigenvalue weighted by molar-refractivity contribution is 14.1. The summed E-state index contributed by atoms with van der Waals surface area (Å²) in [5.41, 5.74) is -0.791. The smallest absolute Gasteiger partial charge is 0.411 e. The summed E-state index contributed by atoms with van der Waals surface area (Å²) in [6.07, 6.45) is -8.42. The first-order chi connectivity index (χ1) is 13.8. The molecule has 0 spiro atoms. The maximum absolute atomic E-state index is 13.0. The second-order valence-electron chi connectivity index (χ2n) is 7.95. The van der Waals surface area contributed by atoms with E-state index in [0.717, 1.165) is 8.47 Å². The molecule has 0 N–H and O–H groups in total. The lowest BCUT2D eigenvalue weighted by Crippen LogP contribution is -2.46. The number of benzene rings is 1. The number of ether oxygens (including phenoxy) is 2. The zero-order chi connectivity index (χ0) is 22.7. The number of amides is 1. The molecule has 1 aliphatic heterocycles. The van der Waals surface area contributed by atoms with Crippen molar-refractivity contribution in [3.05, 3.63) is 33.4 Å². The van der Waals surface area contributed by atoms with Crippen LogP contribution in [-0.2, 0) is 14.3 Å². The zero-order valence-corrected chi connectivity index (χ0v) is 19.0. The lowest BCUT2D eigenvalue weighted by molar-refractivity contribution is -0.170. The first kappa shape index (κ1) is 24.4. The van der Waals surface area contributed by atoms with Gasteiger partial charge in [0.05, 0.1) is 6.42 Å². The van der Waals surface area contributed by atoms with Gasteiger partial charge in [-0.2, -0.15) is 13.2 Å². The van der Waals surface area contributed by atoms with Crippen molar-refractivity contribution in [1.29, 1.82) is 0 Å². The van der Waals surface area contributed by atoms with E-state index < -0.39 is 48.2 Å². The van der Waals surface area contributed by atoms with Gasteiger partial charge in [-0.1, -0.05) is 12.1 Å². The number of Topliss-reactive ketones (excluding diaryl/α,β-unsaturated/α-hetero) is 1. The Balaban J connectivity index is 2.17. The van der Waals surface area contributed by atoms with E-state index in [9.17, 15) is 27.6 Å². The summed E-state index contributed by atoms with van der Waals surface area (Å²) >= 11 is 2.00. The maximum Gasteiger partial charge on any atom is 0.411 e. The van der Waals surface area contributed by atoms with E-state index in [-0.39, 0.29) is 18.5 Å². The third-order valence-corrected chi connectivity index (χ3v) is 4.97. The van der Waals surface area contributed by atoms with Crippen LogP contribution in [0.25, 0.3) is 0 Å². The first-order valence-electron chi connectivity index (χ1n) is 9.33. The van der Waals surface area contributed by atoms with Crippen molar-refractivity contribution < 1.29 is 37.0 Å². The summed E-state index contributed by atoms with van der Waals surface area (Å²) in [6, 6.07) is 4.80. The van der Waals surface area contributed by atoms with E-state index in [1.54, 1.807) is 32.9 Å². The Labute approximate surface area is 186 Å². The predicted molar refractivity (Wildman–Crippen MR) is 110 cm³/mol. The molecular weight excluding hydrogens is 518 g/mol. The van der Waals surface area contributed by atoms with Gasteiger partial charge in [-0.3, -0.25) is 9.69 Å². The zero-order valence-electron chi connectivity index (χ0n) is 16.8. The third kappa shape index (κ3) is 7.13. The van der Waals surface area contributed by atoms with Crippen molar-refractivity contribution in [3.63, 3.8) is 0 Å². The van der Waals surface area contributed by atoms with Gasteiger partial charge >= 0.3 is 18.2 Å². The number of esters is 1. The van der Waals surface area contributed by atoms with Crippen LogP contribution in [0.2, 0.25) is 0 Å². The van der Waals surface area contributed by atoms with Gasteiger partial charge in [-0.05, 0) is 68.3 Å². The van der Waals surface area contributed by atoms with Crippen LogP contribution in [0.3, 0.4) is 0 Å². The fraction of sp³-hybridized carbons (Fsp3) is 0.550. The van der Waals surface area contributed by atoms with Crippen LogP contribution in [0.4, 0.5) is 18.0 Å². The van der Waals surface area contributed by atoms with E-state index in [4.69, 9.17) is 9.47 Å². The average molecular weight is 541 g/mol. The minimum atomic E-state index is -4.72.